The monoisotopic (exact) mass is 355 g/mol. The van der Waals surface area contributed by atoms with Gasteiger partial charge in [0.25, 0.3) is 5.91 Å². The average Bonchev–Trinajstić information content (AvgIpc) is 3.16. The smallest absolute Gasteiger partial charge is 0.268 e. The minimum Gasteiger partial charge on any atom is -0.398 e. The fraction of sp³-hybridized carbons (Fsp3) is 0.389. The van der Waals surface area contributed by atoms with Crippen molar-refractivity contribution < 1.29 is 14.3 Å². The Morgan fingerprint density at radius 1 is 1.31 bits per heavy atom. The van der Waals surface area contributed by atoms with Crippen molar-refractivity contribution in [3.8, 4) is 11.3 Å². The average molecular weight is 355 g/mol. The quantitative estimate of drug-likeness (QED) is 0.611. The maximum Gasteiger partial charge on any atom is 0.268 e. The Labute approximate surface area is 150 Å². The highest BCUT2D eigenvalue weighted by Crippen LogP contribution is 2.41. The van der Waals surface area contributed by atoms with Gasteiger partial charge in [-0.15, -0.1) is 0 Å². The Morgan fingerprint density at radius 2 is 2.04 bits per heavy atom. The molecule has 1 amide bonds. The van der Waals surface area contributed by atoms with Crippen LogP contribution in [0.2, 0.25) is 0 Å². The van der Waals surface area contributed by atoms with Crippen LogP contribution in [0.5, 0.6) is 0 Å². The molecule has 4 N–H and O–H groups in total. The number of nitrogen functional groups attached to an aromatic ring is 1. The topological polar surface area (TPSA) is 113 Å². The highest BCUT2D eigenvalue weighted by molar-refractivity contribution is 6.26. The molecule has 2 aromatic rings. The van der Waals surface area contributed by atoms with Crippen molar-refractivity contribution in [2.24, 2.45) is 0 Å². The van der Waals surface area contributed by atoms with E-state index in [4.69, 9.17) is 10.5 Å². The van der Waals surface area contributed by atoms with Crippen LogP contribution in [0.4, 0.5) is 5.69 Å². The van der Waals surface area contributed by atoms with E-state index in [0.717, 1.165) is 5.69 Å². The van der Waals surface area contributed by atoms with E-state index < -0.39 is 0 Å². The van der Waals surface area contributed by atoms with E-state index >= 15 is 0 Å². The first-order valence-corrected chi connectivity index (χ1v) is 8.68. The molecule has 2 aliphatic rings. The van der Waals surface area contributed by atoms with E-state index in [1.165, 1.54) is 0 Å². The summed E-state index contributed by atoms with van der Waals surface area (Å²) in [7, 11) is 0. The number of hydrazine groups is 1. The van der Waals surface area contributed by atoms with Gasteiger partial charge in [0.15, 0.2) is 5.78 Å². The van der Waals surface area contributed by atoms with Gasteiger partial charge >= 0.3 is 0 Å². The van der Waals surface area contributed by atoms with Crippen LogP contribution < -0.4 is 11.2 Å². The van der Waals surface area contributed by atoms with Crippen molar-refractivity contribution in [2.75, 3.05) is 32.0 Å². The van der Waals surface area contributed by atoms with Gasteiger partial charge in [-0.1, -0.05) is 13.8 Å². The second-order valence-corrected chi connectivity index (χ2v) is 6.84. The lowest BCUT2D eigenvalue weighted by Crippen LogP contribution is -2.48. The summed E-state index contributed by atoms with van der Waals surface area (Å²) < 4.78 is 5.29. The Bertz CT molecular complexity index is 896. The number of nitrogens with zero attached hydrogens (tertiary/aromatic N) is 2. The van der Waals surface area contributed by atoms with Crippen molar-refractivity contribution in [3.63, 3.8) is 0 Å². The number of aromatic nitrogens is 2. The maximum atomic E-state index is 13.1. The predicted molar refractivity (Wildman–Crippen MR) is 95.8 cm³/mol. The number of ether oxygens (including phenoxy) is 1. The third-order valence-electron chi connectivity index (χ3n) is 4.82. The van der Waals surface area contributed by atoms with Crippen LogP contribution in [0.1, 0.15) is 51.7 Å². The van der Waals surface area contributed by atoms with Crippen LogP contribution in [0.25, 0.3) is 11.3 Å². The van der Waals surface area contributed by atoms with E-state index in [1.807, 2.05) is 13.8 Å². The Kier molecular flexibility index (Phi) is 4.01. The molecule has 4 rings (SSSR count). The van der Waals surface area contributed by atoms with E-state index in [2.05, 4.69) is 15.6 Å². The van der Waals surface area contributed by atoms with Crippen LogP contribution in [0.3, 0.4) is 0 Å². The minimum absolute atomic E-state index is 0.118. The molecule has 1 fully saturated rings. The number of ketones is 1. The van der Waals surface area contributed by atoms with E-state index in [-0.39, 0.29) is 28.9 Å². The van der Waals surface area contributed by atoms with Gasteiger partial charge in [0.2, 0.25) is 0 Å². The lowest BCUT2D eigenvalue weighted by Gasteiger charge is -2.27. The van der Waals surface area contributed by atoms with Crippen LogP contribution in [-0.4, -0.2) is 53.2 Å². The molecule has 1 aliphatic heterocycles. The highest BCUT2D eigenvalue weighted by atomic mass is 16.5. The van der Waals surface area contributed by atoms with E-state index in [9.17, 15) is 9.59 Å². The van der Waals surface area contributed by atoms with Gasteiger partial charge < -0.3 is 10.5 Å². The van der Waals surface area contributed by atoms with Gasteiger partial charge in [0, 0.05) is 35.6 Å². The van der Waals surface area contributed by atoms with Crippen molar-refractivity contribution in [3.05, 3.63) is 34.5 Å². The molecule has 1 aromatic carbocycles. The van der Waals surface area contributed by atoms with Crippen molar-refractivity contribution in [1.29, 1.82) is 0 Å². The van der Waals surface area contributed by atoms with Gasteiger partial charge in [0.05, 0.1) is 24.3 Å². The first-order chi connectivity index (χ1) is 12.5. The molecule has 2 heterocycles. The number of aromatic amines is 1. The maximum absolute atomic E-state index is 13.1. The number of fused-ring (bicyclic) bond motifs is 3. The summed E-state index contributed by atoms with van der Waals surface area (Å²) in [5, 5.41) is 9.04. The van der Waals surface area contributed by atoms with Crippen LogP contribution >= 0.6 is 0 Å². The first kappa shape index (κ1) is 16.7. The van der Waals surface area contributed by atoms with Gasteiger partial charge in [0.1, 0.15) is 5.69 Å². The number of benzene rings is 1. The number of rotatable bonds is 3. The Morgan fingerprint density at radius 3 is 2.73 bits per heavy atom. The first-order valence-electron chi connectivity index (χ1n) is 8.68. The number of anilines is 1. The molecule has 8 heteroatoms. The van der Waals surface area contributed by atoms with Crippen molar-refractivity contribution in [1.82, 2.24) is 20.6 Å². The third kappa shape index (κ3) is 2.49. The fourth-order valence-corrected chi connectivity index (χ4v) is 3.49. The number of carbonyl (C=O) groups is 2. The Hall–Kier alpha value is -2.71. The van der Waals surface area contributed by atoms with Crippen LogP contribution in [-0.2, 0) is 4.74 Å². The molecule has 1 aliphatic carbocycles. The van der Waals surface area contributed by atoms with E-state index in [0.29, 0.717) is 48.7 Å². The second kappa shape index (κ2) is 6.22. The zero-order valence-corrected chi connectivity index (χ0v) is 14.8. The van der Waals surface area contributed by atoms with Gasteiger partial charge in [-0.25, -0.2) is 5.01 Å². The number of hydrogen-bond donors (Lipinski definition) is 3. The number of nitrogens with one attached hydrogen (secondary N) is 2. The van der Waals surface area contributed by atoms with Gasteiger partial charge in [-0.3, -0.25) is 20.1 Å². The molecule has 136 valence electrons. The second-order valence-electron chi connectivity index (χ2n) is 6.84. The largest absolute Gasteiger partial charge is 0.398 e. The fourth-order valence-electron chi connectivity index (χ4n) is 3.49. The molecule has 1 saturated heterocycles. The predicted octanol–water partition coefficient (Wildman–Crippen LogP) is 1.30. The minimum atomic E-state index is -0.380. The molecule has 0 atom stereocenters. The summed E-state index contributed by atoms with van der Waals surface area (Å²) in [5.41, 5.74) is 12.3. The molecular weight excluding hydrogens is 334 g/mol. The normalized spacial score (nSPS) is 16.7. The highest BCUT2D eigenvalue weighted by Gasteiger charge is 2.37. The van der Waals surface area contributed by atoms with Gasteiger partial charge in [-0.05, 0) is 18.1 Å². The van der Waals surface area contributed by atoms with Gasteiger partial charge in [-0.2, -0.15) is 5.10 Å². The van der Waals surface area contributed by atoms with Crippen molar-refractivity contribution in [2.45, 2.75) is 19.8 Å². The summed E-state index contributed by atoms with van der Waals surface area (Å²) in [6.45, 7) is 6.26. The van der Waals surface area contributed by atoms with E-state index in [1.54, 1.807) is 17.1 Å². The van der Waals surface area contributed by atoms with Crippen LogP contribution in [0.15, 0.2) is 12.1 Å². The lowest BCUT2D eigenvalue weighted by molar-refractivity contribution is 0.0126. The SMILES string of the molecule is CC(C)c1[nH]nc2c1C(=O)c1c-2ccc(N)c1C(=O)NN1CCOCC1. The lowest BCUT2D eigenvalue weighted by atomic mass is 9.98. The molecule has 0 radical (unpaired) electrons. The molecule has 0 saturated carbocycles. The summed E-state index contributed by atoms with van der Waals surface area (Å²) in [5.74, 6) is -0.464. The molecule has 0 spiro atoms. The zero-order valence-electron chi connectivity index (χ0n) is 14.8. The van der Waals surface area contributed by atoms with Crippen molar-refractivity contribution >= 4 is 17.4 Å². The summed E-state index contributed by atoms with van der Waals surface area (Å²) >= 11 is 0. The number of hydrogen-bond acceptors (Lipinski definition) is 6. The summed E-state index contributed by atoms with van der Waals surface area (Å²) in [6.07, 6.45) is 0. The Balaban J connectivity index is 1.75. The summed E-state index contributed by atoms with van der Waals surface area (Å²) in [4.78, 5) is 26.0. The molecule has 0 bridgehead atoms. The summed E-state index contributed by atoms with van der Waals surface area (Å²) in [6, 6.07) is 3.41. The number of morpholine rings is 1. The third-order valence-corrected chi connectivity index (χ3v) is 4.82. The zero-order chi connectivity index (χ0) is 18.4. The number of carbonyl (C=O) groups excluding carboxylic acids is 2. The number of nitrogens with two attached hydrogens (primary N) is 1. The number of amides is 1. The number of H-pyrrole nitrogens is 1. The molecule has 0 unspecified atom stereocenters. The standard InChI is InChI=1S/C18H21N5O3/c1-9(2)15-14-16(21-20-15)10-3-4-11(19)13(12(10)17(14)24)18(25)22-23-5-7-26-8-6-23/h3-4,9H,5-8,19H2,1-2H3,(H,20,21)(H,22,25). The molecule has 26 heavy (non-hydrogen) atoms. The molecule has 1 aromatic heterocycles. The molecule has 8 nitrogen and oxygen atoms in total. The van der Waals surface area contributed by atoms with Crippen LogP contribution in [0, 0.1) is 0 Å². The molecular formula is C18H21N5O3.